The van der Waals surface area contributed by atoms with E-state index in [9.17, 15) is 4.39 Å². The minimum absolute atomic E-state index is 0.448. The summed E-state index contributed by atoms with van der Waals surface area (Å²) in [5, 5.41) is 6.25. The van der Waals surface area contributed by atoms with Crippen molar-refractivity contribution in [1.82, 2.24) is 5.32 Å². The highest BCUT2D eigenvalue weighted by molar-refractivity contribution is 4.83. The highest BCUT2D eigenvalue weighted by Gasteiger charge is 2.22. The normalized spacial score (nSPS) is 32.9. The molecule has 1 fully saturated rings. The van der Waals surface area contributed by atoms with E-state index in [2.05, 4.69) is 15.3 Å². The maximum absolute atomic E-state index is 12.7. The number of piperidine rings is 1. The van der Waals surface area contributed by atoms with Crippen LogP contribution in [0.3, 0.4) is 0 Å². The Bertz CT molecular complexity index is 154. The number of halogens is 1. The highest BCUT2D eigenvalue weighted by atomic mass is 19.1. The molecule has 0 aliphatic carbocycles. The van der Waals surface area contributed by atoms with Crippen LogP contribution in [0.25, 0.3) is 10.4 Å². The SMILES string of the molecule is [N-]=[N+]=N[C@@H]1CNCC[C@@H]1F. The van der Waals surface area contributed by atoms with E-state index in [1.807, 2.05) is 0 Å². The van der Waals surface area contributed by atoms with E-state index in [-0.39, 0.29) is 0 Å². The quantitative estimate of drug-likeness (QED) is 0.333. The van der Waals surface area contributed by atoms with E-state index in [4.69, 9.17) is 5.53 Å². The molecule has 0 radical (unpaired) electrons. The van der Waals surface area contributed by atoms with Crippen LogP contribution < -0.4 is 5.32 Å². The molecule has 1 aliphatic heterocycles. The van der Waals surface area contributed by atoms with E-state index >= 15 is 0 Å². The minimum Gasteiger partial charge on any atom is -0.316 e. The van der Waals surface area contributed by atoms with Crippen molar-refractivity contribution in [2.45, 2.75) is 18.6 Å². The van der Waals surface area contributed by atoms with Crippen molar-refractivity contribution in [1.29, 1.82) is 0 Å². The first-order valence-corrected chi connectivity index (χ1v) is 3.23. The van der Waals surface area contributed by atoms with Gasteiger partial charge in [-0.15, -0.1) is 0 Å². The van der Waals surface area contributed by atoms with Crippen LogP contribution in [0.15, 0.2) is 5.11 Å². The van der Waals surface area contributed by atoms with Crippen molar-refractivity contribution in [3.63, 3.8) is 0 Å². The maximum Gasteiger partial charge on any atom is 0.111 e. The lowest BCUT2D eigenvalue weighted by atomic mass is 10.1. The molecule has 4 nitrogen and oxygen atoms in total. The van der Waals surface area contributed by atoms with Crippen molar-refractivity contribution in [3.05, 3.63) is 10.4 Å². The fraction of sp³-hybridized carbons (Fsp3) is 1.00. The van der Waals surface area contributed by atoms with Crippen LogP contribution in [0.5, 0.6) is 0 Å². The second kappa shape index (κ2) is 3.39. The zero-order chi connectivity index (χ0) is 7.40. The zero-order valence-electron chi connectivity index (χ0n) is 5.50. The molecule has 0 bridgehead atoms. The summed E-state index contributed by atoms with van der Waals surface area (Å²) in [4.78, 5) is 2.55. The Balaban J connectivity index is 2.47. The van der Waals surface area contributed by atoms with Crippen LogP contribution >= 0.6 is 0 Å². The third kappa shape index (κ3) is 1.59. The largest absolute Gasteiger partial charge is 0.316 e. The first kappa shape index (κ1) is 7.31. The molecule has 0 amide bonds. The van der Waals surface area contributed by atoms with Gasteiger partial charge in [-0.1, -0.05) is 5.11 Å². The lowest BCUT2D eigenvalue weighted by Crippen LogP contribution is -2.40. The molecule has 10 heavy (non-hydrogen) atoms. The number of azide groups is 1. The highest BCUT2D eigenvalue weighted by Crippen LogP contribution is 2.10. The third-order valence-electron chi connectivity index (χ3n) is 1.57. The van der Waals surface area contributed by atoms with Gasteiger partial charge in [-0.05, 0) is 18.5 Å². The predicted molar refractivity (Wildman–Crippen MR) is 35.3 cm³/mol. The van der Waals surface area contributed by atoms with Gasteiger partial charge in [0.2, 0.25) is 0 Å². The minimum atomic E-state index is -0.961. The second-order valence-corrected chi connectivity index (χ2v) is 2.28. The smallest absolute Gasteiger partial charge is 0.111 e. The van der Waals surface area contributed by atoms with Gasteiger partial charge in [0, 0.05) is 11.5 Å². The molecule has 0 aromatic rings. The van der Waals surface area contributed by atoms with Gasteiger partial charge in [-0.25, -0.2) is 4.39 Å². The van der Waals surface area contributed by atoms with Crippen molar-refractivity contribution >= 4 is 0 Å². The summed E-state index contributed by atoms with van der Waals surface area (Å²) in [6.45, 7) is 1.14. The van der Waals surface area contributed by atoms with Crippen LogP contribution in [-0.4, -0.2) is 25.3 Å². The van der Waals surface area contributed by atoms with Gasteiger partial charge in [-0.3, -0.25) is 0 Å². The van der Waals surface area contributed by atoms with Gasteiger partial charge >= 0.3 is 0 Å². The Labute approximate surface area is 58.0 Å². The van der Waals surface area contributed by atoms with Gasteiger partial charge in [-0.2, -0.15) is 0 Å². The molecule has 1 aliphatic rings. The number of rotatable bonds is 1. The molecule has 56 valence electrons. The van der Waals surface area contributed by atoms with Gasteiger partial charge in [0.15, 0.2) is 0 Å². The fourth-order valence-corrected chi connectivity index (χ4v) is 0.990. The Morgan fingerprint density at radius 2 is 2.50 bits per heavy atom. The van der Waals surface area contributed by atoms with Crippen LogP contribution in [0.4, 0.5) is 4.39 Å². The number of hydrogen-bond donors (Lipinski definition) is 1. The maximum atomic E-state index is 12.7. The van der Waals surface area contributed by atoms with Crippen LogP contribution in [0.2, 0.25) is 0 Å². The number of hydrogen-bond acceptors (Lipinski definition) is 2. The summed E-state index contributed by atoms with van der Waals surface area (Å²) in [6, 6.07) is -0.501. The fourth-order valence-electron chi connectivity index (χ4n) is 0.990. The first-order valence-electron chi connectivity index (χ1n) is 3.23. The van der Waals surface area contributed by atoms with Crippen molar-refractivity contribution < 1.29 is 4.39 Å². The monoisotopic (exact) mass is 144 g/mol. The summed E-state index contributed by atoms with van der Waals surface area (Å²) in [6.07, 6.45) is -0.513. The van der Waals surface area contributed by atoms with Crippen LogP contribution in [0.1, 0.15) is 6.42 Å². The lowest BCUT2D eigenvalue weighted by Gasteiger charge is -2.22. The molecular weight excluding hydrogens is 135 g/mol. The zero-order valence-corrected chi connectivity index (χ0v) is 5.50. The third-order valence-corrected chi connectivity index (χ3v) is 1.57. The number of nitrogens with one attached hydrogen (secondary N) is 1. The summed E-state index contributed by atoms with van der Waals surface area (Å²) >= 11 is 0. The van der Waals surface area contributed by atoms with E-state index in [0.29, 0.717) is 19.5 Å². The standard InChI is InChI=1S/C5H9FN4/c6-4-1-2-8-3-5(4)9-10-7/h4-5,8H,1-3H2/t4-,5+/m0/s1. The van der Waals surface area contributed by atoms with Crippen molar-refractivity contribution in [2.75, 3.05) is 13.1 Å². The van der Waals surface area contributed by atoms with Crippen LogP contribution in [0, 0.1) is 0 Å². The molecule has 1 rings (SSSR count). The summed E-state index contributed by atoms with van der Waals surface area (Å²) < 4.78 is 12.7. The molecule has 1 heterocycles. The molecule has 5 heteroatoms. The Hall–Kier alpha value is -0.800. The van der Waals surface area contributed by atoms with Crippen molar-refractivity contribution in [3.8, 4) is 0 Å². The average molecular weight is 144 g/mol. The van der Waals surface area contributed by atoms with E-state index in [1.54, 1.807) is 0 Å². The molecular formula is C5H9FN4. The molecule has 0 unspecified atom stereocenters. The van der Waals surface area contributed by atoms with Gasteiger partial charge < -0.3 is 5.32 Å². The first-order chi connectivity index (χ1) is 4.84. The molecule has 1 N–H and O–H groups in total. The van der Waals surface area contributed by atoms with Gasteiger partial charge in [0.1, 0.15) is 6.17 Å². The molecule has 0 aromatic heterocycles. The van der Waals surface area contributed by atoms with Gasteiger partial charge in [0.05, 0.1) is 6.04 Å². The average Bonchev–Trinajstić information content (AvgIpc) is 1.94. The lowest BCUT2D eigenvalue weighted by molar-refractivity contribution is 0.229. The molecule has 0 saturated carbocycles. The summed E-state index contributed by atoms with van der Waals surface area (Å²) in [7, 11) is 0. The van der Waals surface area contributed by atoms with Crippen molar-refractivity contribution in [2.24, 2.45) is 5.11 Å². The van der Waals surface area contributed by atoms with E-state index in [0.717, 1.165) is 0 Å². The Morgan fingerprint density at radius 1 is 1.70 bits per heavy atom. The molecule has 1 saturated heterocycles. The van der Waals surface area contributed by atoms with Crippen LogP contribution in [-0.2, 0) is 0 Å². The second-order valence-electron chi connectivity index (χ2n) is 2.28. The molecule has 2 atom stereocenters. The summed E-state index contributed by atoms with van der Waals surface area (Å²) in [5.74, 6) is 0. The predicted octanol–water partition coefficient (Wildman–Crippen LogP) is 0.997. The van der Waals surface area contributed by atoms with E-state index in [1.165, 1.54) is 0 Å². The Kier molecular flexibility index (Phi) is 2.48. The number of nitrogens with zero attached hydrogens (tertiary/aromatic N) is 3. The van der Waals surface area contributed by atoms with E-state index < -0.39 is 12.2 Å². The molecule has 0 aromatic carbocycles. The topological polar surface area (TPSA) is 60.8 Å². The number of alkyl halides is 1. The summed E-state index contributed by atoms with van der Waals surface area (Å²) in [5.41, 5.74) is 8.00. The Morgan fingerprint density at radius 3 is 3.10 bits per heavy atom. The molecule has 0 spiro atoms. The van der Waals surface area contributed by atoms with Gasteiger partial charge in [0.25, 0.3) is 0 Å².